The summed E-state index contributed by atoms with van der Waals surface area (Å²) >= 11 is 0. The van der Waals surface area contributed by atoms with Crippen LogP contribution in [0.25, 0.3) is 10.9 Å². The number of halogens is 1. The second-order valence-electron chi connectivity index (χ2n) is 4.40. The van der Waals surface area contributed by atoms with Crippen molar-refractivity contribution in [2.75, 3.05) is 0 Å². The molecule has 1 heterocycles. The molecule has 0 spiro atoms. The summed E-state index contributed by atoms with van der Waals surface area (Å²) in [7, 11) is 0. The normalized spacial score (nSPS) is 10.7. The van der Waals surface area contributed by atoms with Gasteiger partial charge >= 0.3 is 0 Å². The molecule has 0 radical (unpaired) electrons. The molecule has 0 saturated carbocycles. The van der Waals surface area contributed by atoms with E-state index in [0.29, 0.717) is 22.8 Å². The fourth-order valence-electron chi connectivity index (χ4n) is 2.23. The van der Waals surface area contributed by atoms with Gasteiger partial charge < -0.3 is 0 Å². The van der Waals surface area contributed by atoms with E-state index in [1.54, 1.807) is 30.3 Å². The summed E-state index contributed by atoms with van der Waals surface area (Å²) in [4.78, 5) is 23.5. The predicted molar refractivity (Wildman–Crippen MR) is 73.5 cm³/mol. The maximum Gasteiger partial charge on any atom is 0.262 e. The van der Waals surface area contributed by atoms with Crippen molar-refractivity contribution in [2.45, 2.75) is 0 Å². The van der Waals surface area contributed by atoms with E-state index in [0.717, 1.165) is 0 Å². The van der Waals surface area contributed by atoms with E-state index < -0.39 is 5.82 Å². The Kier molecular flexibility index (Phi) is 2.91. The Morgan fingerprint density at radius 2 is 1.90 bits per heavy atom. The number of rotatable bonds is 2. The maximum absolute atomic E-state index is 13.2. The van der Waals surface area contributed by atoms with Gasteiger partial charge in [-0.15, -0.1) is 0 Å². The number of carbonyl (C=O) groups is 2. The van der Waals surface area contributed by atoms with Crippen LogP contribution in [0.15, 0.2) is 54.7 Å². The number of fused-ring (bicyclic) bond motifs is 1. The Balaban J connectivity index is 2.19. The zero-order valence-corrected chi connectivity index (χ0v) is 10.4. The predicted octanol–water partition coefficient (Wildman–Crippen LogP) is 3.28. The molecule has 98 valence electrons. The third-order valence-corrected chi connectivity index (χ3v) is 3.16. The van der Waals surface area contributed by atoms with Crippen molar-refractivity contribution in [3.8, 4) is 0 Å². The molecule has 1 aromatic heterocycles. The van der Waals surface area contributed by atoms with Gasteiger partial charge in [0, 0.05) is 22.7 Å². The van der Waals surface area contributed by atoms with E-state index in [-0.39, 0.29) is 11.5 Å². The highest BCUT2D eigenvalue weighted by Crippen LogP contribution is 2.21. The molecule has 0 bridgehead atoms. The van der Waals surface area contributed by atoms with Crippen molar-refractivity contribution in [1.82, 2.24) is 4.57 Å². The second-order valence-corrected chi connectivity index (χ2v) is 4.40. The van der Waals surface area contributed by atoms with Crippen LogP contribution in [0.3, 0.4) is 0 Å². The average Bonchev–Trinajstić information content (AvgIpc) is 2.85. The second kappa shape index (κ2) is 4.74. The lowest BCUT2D eigenvalue weighted by Gasteiger charge is -2.04. The van der Waals surface area contributed by atoms with Crippen LogP contribution in [0.4, 0.5) is 4.39 Å². The number of hydrogen-bond acceptors (Lipinski definition) is 2. The number of hydrogen-bond donors (Lipinski definition) is 0. The molecule has 0 aliphatic rings. The minimum atomic E-state index is -0.470. The lowest BCUT2D eigenvalue weighted by molar-refractivity contribution is 0.0964. The summed E-state index contributed by atoms with van der Waals surface area (Å²) in [6, 6.07) is 12.6. The first kappa shape index (κ1) is 12.3. The van der Waals surface area contributed by atoms with Crippen molar-refractivity contribution < 1.29 is 14.0 Å². The molecular weight excluding hydrogens is 257 g/mol. The van der Waals surface area contributed by atoms with Crippen LogP contribution < -0.4 is 0 Å². The van der Waals surface area contributed by atoms with Crippen molar-refractivity contribution >= 4 is 23.1 Å². The Bertz CT molecular complexity index is 820. The first-order chi connectivity index (χ1) is 9.70. The monoisotopic (exact) mass is 267 g/mol. The van der Waals surface area contributed by atoms with Crippen molar-refractivity contribution in [3.05, 3.63) is 71.7 Å². The van der Waals surface area contributed by atoms with Crippen molar-refractivity contribution in [3.63, 3.8) is 0 Å². The number of carbonyl (C=O) groups excluding carboxylic acids is 2. The van der Waals surface area contributed by atoms with Gasteiger partial charge in [-0.25, -0.2) is 4.39 Å². The first-order valence-electron chi connectivity index (χ1n) is 6.06. The van der Waals surface area contributed by atoms with Crippen LogP contribution >= 0.6 is 0 Å². The number of para-hydroxylation sites is 1. The van der Waals surface area contributed by atoms with Crippen LogP contribution in [0.5, 0.6) is 0 Å². The van der Waals surface area contributed by atoms with E-state index >= 15 is 0 Å². The minimum Gasteiger partial charge on any atom is -0.298 e. The molecule has 0 atom stereocenters. The number of aromatic nitrogens is 1. The van der Waals surface area contributed by atoms with E-state index in [1.807, 2.05) is 0 Å². The lowest BCUT2D eigenvalue weighted by Crippen LogP contribution is -2.10. The highest BCUT2D eigenvalue weighted by molar-refractivity contribution is 6.06. The molecule has 0 unspecified atom stereocenters. The van der Waals surface area contributed by atoms with Gasteiger partial charge in [0.05, 0.1) is 5.52 Å². The standard InChI is InChI=1S/C16H10FNO2/c17-13-5-3-4-11(8-13)16(20)18-9-12(10-19)14-6-1-2-7-15(14)18/h1-10H. The molecule has 4 heteroatoms. The molecule has 3 aromatic rings. The van der Waals surface area contributed by atoms with E-state index in [9.17, 15) is 14.0 Å². The van der Waals surface area contributed by atoms with Crippen LogP contribution in [-0.4, -0.2) is 16.8 Å². The third kappa shape index (κ3) is 1.91. The highest BCUT2D eigenvalue weighted by atomic mass is 19.1. The fourth-order valence-corrected chi connectivity index (χ4v) is 2.23. The van der Waals surface area contributed by atoms with Gasteiger partial charge in [-0.2, -0.15) is 0 Å². The Morgan fingerprint density at radius 1 is 1.10 bits per heavy atom. The largest absolute Gasteiger partial charge is 0.298 e. The molecule has 0 amide bonds. The molecule has 0 N–H and O–H groups in total. The SMILES string of the molecule is O=Cc1cn(C(=O)c2cccc(F)c2)c2ccccc12. The zero-order valence-electron chi connectivity index (χ0n) is 10.4. The van der Waals surface area contributed by atoms with Crippen LogP contribution in [0.1, 0.15) is 20.7 Å². The van der Waals surface area contributed by atoms with E-state index in [4.69, 9.17) is 0 Å². The van der Waals surface area contributed by atoms with Crippen LogP contribution in [0, 0.1) is 5.82 Å². The summed E-state index contributed by atoms with van der Waals surface area (Å²) in [5.74, 6) is -0.836. The average molecular weight is 267 g/mol. The number of aldehydes is 1. The molecule has 3 rings (SSSR count). The molecular formula is C16H10FNO2. The van der Waals surface area contributed by atoms with Crippen LogP contribution in [0.2, 0.25) is 0 Å². The third-order valence-electron chi connectivity index (χ3n) is 3.16. The van der Waals surface area contributed by atoms with E-state index in [2.05, 4.69) is 0 Å². The number of benzene rings is 2. The Hall–Kier alpha value is -2.75. The first-order valence-corrected chi connectivity index (χ1v) is 6.06. The van der Waals surface area contributed by atoms with Crippen LogP contribution in [-0.2, 0) is 0 Å². The molecule has 0 aliphatic heterocycles. The van der Waals surface area contributed by atoms with E-state index in [1.165, 1.54) is 29.0 Å². The van der Waals surface area contributed by atoms with Crippen molar-refractivity contribution in [2.24, 2.45) is 0 Å². The smallest absolute Gasteiger partial charge is 0.262 e. The van der Waals surface area contributed by atoms with Gasteiger partial charge in [0.15, 0.2) is 6.29 Å². The quantitative estimate of drug-likeness (QED) is 0.668. The topological polar surface area (TPSA) is 39.1 Å². The van der Waals surface area contributed by atoms with Crippen molar-refractivity contribution in [1.29, 1.82) is 0 Å². The summed E-state index contributed by atoms with van der Waals surface area (Å²) in [5.41, 5.74) is 1.30. The van der Waals surface area contributed by atoms with Gasteiger partial charge in [0.2, 0.25) is 0 Å². The van der Waals surface area contributed by atoms with Gasteiger partial charge in [-0.1, -0.05) is 24.3 Å². The summed E-state index contributed by atoms with van der Waals surface area (Å²) in [5, 5.41) is 0.701. The summed E-state index contributed by atoms with van der Waals surface area (Å²) < 4.78 is 14.6. The fraction of sp³-hybridized carbons (Fsp3) is 0. The van der Waals surface area contributed by atoms with Gasteiger partial charge in [0.1, 0.15) is 5.82 Å². The lowest BCUT2D eigenvalue weighted by atomic mass is 10.2. The summed E-state index contributed by atoms with van der Waals surface area (Å²) in [6.45, 7) is 0. The maximum atomic E-state index is 13.2. The Labute approximate surface area is 114 Å². The summed E-state index contributed by atoms with van der Waals surface area (Å²) in [6.07, 6.45) is 2.18. The molecule has 0 saturated heterocycles. The molecule has 0 fully saturated rings. The molecule has 0 aliphatic carbocycles. The zero-order chi connectivity index (χ0) is 14.1. The molecule has 3 nitrogen and oxygen atoms in total. The van der Waals surface area contributed by atoms with Gasteiger partial charge in [0.25, 0.3) is 5.91 Å². The molecule has 20 heavy (non-hydrogen) atoms. The Morgan fingerprint density at radius 3 is 2.65 bits per heavy atom. The van der Waals surface area contributed by atoms with Gasteiger partial charge in [-0.05, 0) is 24.3 Å². The number of nitrogens with zero attached hydrogens (tertiary/aromatic N) is 1. The minimum absolute atomic E-state index is 0.239. The van der Waals surface area contributed by atoms with Gasteiger partial charge in [-0.3, -0.25) is 14.2 Å². The molecule has 2 aromatic carbocycles. The highest BCUT2D eigenvalue weighted by Gasteiger charge is 2.14.